The normalized spacial score (nSPS) is 13.0. The van der Waals surface area contributed by atoms with Crippen LogP contribution in [0.4, 0.5) is 0 Å². The van der Waals surface area contributed by atoms with Crippen molar-refractivity contribution in [2.24, 2.45) is 5.41 Å². The third-order valence-corrected chi connectivity index (χ3v) is 4.57. The van der Waals surface area contributed by atoms with E-state index in [4.69, 9.17) is 27.7 Å². The molecular formula is C17H20Cl2N2O2. The average molecular weight is 355 g/mol. The molecule has 2 aromatic rings. The molecule has 1 aromatic heterocycles. The number of hydrogen-bond acceptors (Lipinski definition) is 3. The molecular weight excluding hydrogens is 335 g/mol. The Morgan fingerprint density at radius 3 is 2.35 bits per heavy atom. The highest BCUT2D eigenvalue weighted by molar-refractivity contribution is 6.39. The number of rotatable bonds is 3. The van der Waals surface area contributed by atoms with E-state index in [1.807, 2.05) is 6.92 Å². The Kier molecular flexibility index (Phi) is 5.07. The van der Waals surface area contributed by atoms with Crippen molar-refractivity contribution >= 4 is 29.1 Å². The molecule has 2 rings (SSSR count). The standard InChI is InChI=1S/C17H20Cl2N2O2/c1-9-13(16(22)20-10(2)17(3,4)5)15(21-23-9)14-11(18)7-6-8-12(14)19/h6-8,10H,1-5H3,(H,20,22). The summed E-state index contributed by atoms with van der Waals surface area (Å²) in [4.78, 5) is 12.7. The molecule has 23 heavy (non-hydrogen) atoms. The van der Waals surface area contributed by atoms with Gasteiger partial charge in [0.2, 0.25) is 0 Å². The number of aryl methyl sites for hydroxylation is 1. The fraction of sp³-hybridized carbons (Fsp3) is 0.412. The first kappa shape index (κ1) is 17.8. The predicted octanol–water partition coefficient (Wildman–Crippen LogP) is 5.12. The van der Waals surface area contributed by atoms with Crippen LogP contribution in [0.5, 0.6) is 0 Å². The number of halogens is 2. The van der Waals surface area contributed by atoms with E-state index in [-0.39, 0.29) is 17.4 Å². The number of amides is 1. The van der Waals surface area contributed by atoms with Crippen molar-refractivity contribution in [3.63, 3.8) is 0 Å². The topological polar surface area (TPSA) is 55.1 Å². The Hall–Kier alpha value is -1.52. The minimum atomic E-state index is -0.253. The summed E-state index contributed by atoms with van der Waals surface area (Å²) in [5, 5.41) is 7.82. The molecule has 6 heteroatoms. The van der Waals surface area contributed by atoms with Crippen molar-refractivity contribution in [3.8, 4) is 11.3 Å². The summed E-state index contributed by atoms with van der Waals surface area (Å²) < 4.78 is 5.22. The summed E-state index contributed by atoms with van der Waals surface area (Å²) >= 11 is 12.5. The Bertz CT molecular complexity index is 712. The Balaban J connectivity index is 2.46. The van der Waals surface area contributed by atoms with Gasteiger partial charge in [0.1, 0.15) is 17.0 Å². The van der Waals surface area contributed by atoms with Crippen molar-refractivity contribution in [1.29, 1.82) is 0 Å². The van der Waals surface area contributed by atoms with E-state index in [2.05, 4.69) is 31.2 Å². The molecule has 0 saturated carbocycles. The summed E-state index contributed by atoms with van der Waals surface area (Å²) in [6, 6.07) is 5.11. The first-order valence-corrected chi connectivity index (χ1v) is 8.10. The number of aromatic nitrogens is 1. The molecule has 0 spiro atoms. The summed E-state index contributed by atoms with van der Waals surface area (Å²) in [5.74, 6) is 0.173. The number of carbonyl (C=O) groups excluding carboxylic acids is 1. The molecule has 0 saturated heterocycles. The smallest absolute Gasteiger partial charge is 0.257 e. The fourth-order valence-corrected chi connectivity index (χ4v) is 2.60. The van der Waals surface area contributed by atoms with Gasteiger partial charge in [-0.2, -0.15) is 0 Å². The molecule has 1 aromatic carbocycles. The zero-order valence-corrected chi connectivity index (χ0v) is 15.3. The molecule has 0 aliphatic carbocycles. The van der Waals surface area contributed by atoms with Crippen LogP contribution in [0, 0.1) is 12.3 Å². The minimum Gasteiger partial charge on any atom is -0.360 e. The molecule has 124 valence electrons. The Labute approximate surface area is 146 Å². The van der Waals surface area contributed by atoms with Gasteiger partial charge in [0.05, 0.1) is 10.0 Å². The zero-order chi connectivity index (χ0) is 17.4. The zero-order valence-electron chi connectivity index (χ0n) is 13.8. The Morgan fingerprint density at radius 1 is 1.26 bits per heavy atom. The van der Waals surface area contributed by atoms with Crippen LogP contribution in [0.1, 0.15) is 43.8 Å². The van der Waals surface area contributed by atoms with Gasteiger partial charge in [-0.25, -0.2) is 0 Å². The number of hydrogen-bond donors (Lipinski definition) is 1. The molecule has 0 fully saturated rings. The lowest BCUT2D eigenvalue weighted by atomic mass is 9.88. The number of nitrogens with one attached hydrogen (secondary N) is 1. The van der Waals surface area contributed by atoms with E-state index in [0.29, 0.717) is 32.6 Å². The molecule has 1 heterocycles. The molecule has 1 unspecified atom stereocenters. The quantitative estimate of drug-likeness (QED) is 0.831. The van der Waals surface area contributed by atoms with Crippen molar-refractivity contribution in [2.75, 3.05) is 0 Å². The van der Waals surface area contributed by atoms with Gasteiger partial charge in [-0.05, 0) is 31.4 Å². The second kappa shape index (κ2) is 6.54. The minimum absolute atomic E-state index is 0.0288. The first-order valence-electron chi connectivity index (χ1n) is 7.34. The molecule has 1 N–H and O–H groups in total. The van der Waals surface area contributed by atoms with Gasteiger partial charge in [-0.15, -0.1) is 0 Å². The highest BCUT2D eigenvalue weighted by Crippen LogP contribution is 2.36. The van der Waals surface area contributed by atoms with Gasteiger partial charge in [-0.3, -0.25) is 4.79 Å². The number of benzene rings is 1. The van der Waals surface area contributed by atoms with Crippen molar-refractivity contribution < 1.29 is 9.32 Å². The van der Waals surface area contributed by atoms with Crippen LogP contribution < -0.4 is 5.32 Å². The maximum atomic E-state index is 12.7. The fourth-order valence-electron chi connectivity index (χ4n) is 2.02. The number of carbonyl (C=O) groups is 1. The van der Waals surface area contributed by atoms with E-state index < -0.39 is 0 Å². The summed E-state index contributed by atoms with van der Waals surface area (Å²) in [5.41, 5.74) is 1.15. The largest absolute Gasteiger partial charge is 0.360 e. The van der Waals surface area contributed by atoms with E-state index in [9.17, 15) is 4.79 Å². The highest BCUT2D eigenvalue weighted by Gasteiger charge is 2.28. The maximum absolute atomic E-state index is 12.7. The average Bonchev–Trinajstić information content (AvgIpc) is 2.79. The molecule has 0 aliphatic rings. The van der Waals surface area contributed by atoms with Crippen molar-refractivity contribution in [3.05, 3.63) is 39.6 Å². The third kappa shape index (κ3) is 3.70. The van der Waals surface area contributed by atoms with Gasteiger partial charge >= 0.3 is 0 Å². The lowest BCUT2D eigenvalue weighted by Crippen LogP contribution is -2.41. The van der Waals surface area contributed by atoms with Crippen LogP contribution in [0.3, 0.4) is 0 Å². The summed E-state index contributed by atoms with van der Waals surface area (Å²) in [7, 11) is 0. The molecule has 0 aliphatic heterocycles. The molecule has 4 nitrogen and oxygen atoms in total. The molecule has 0 bridgehead atoms. The Morgan fingerprint density at radius 2 is 1.83 bits per heavy atom. The molecule has 1 amide bonds. The molecule has 1 atom stereocenters. The SMILES string of the molecule is Cc1onc(-c2c(Cl)cccc2Cl)c1C(=O)NC(C)C(C)(C)C. The maximum Gasteiger partial charge on any atom is 0.257 e. The summed E-state index contributed by atoms with van der Waals surface area (Å²) in [6.07, 6.45) is 0. The lowest BCUT2D eigenvalue weighted by Gasteiger charge is -2.28. The predicted molar refractivity (Wildman–Crippen MR) is 93.1 cm³/mol. The van der Waals surface area contributed by atoms with Gasteiger partial charge in [0.15, 0.2) is 0 Å². The van der Waals surface area contributed by atoms with Crippen LogP contribution in [-0.4, -0.2) is 17.1 Å². The summed E-state index contributed by atoms with van der Waals surface area (Å²) in [6.45, 7) is 9.83. The van der Waals surface area contributed by atoms with Crippen LogP contribution >= 0.6 is 23.2 Å². The van der Waals surface area contributed by atoms with E-state index in [1.165, 1.54) is 0 Å². The van der Waals surface area contributed by atoms with Crippen LogP contribution in [0.15, 0.2) is 22.7 Å². The van der Waals surface area contributed by atoms with Crippen LogP contribution in [0.25, 0.3) is 11.3 Å². The van der Waals surface area contributed by atoms with Gasteiger partial charge < -0.3 is 9.84 Å². The number of nitrogens with zero attached hydrogens (tertiary/aromatic N) is 1. The van der Waals surface area contributed by atoms with Gasteiger partial charge in [0.25, 0.3) is 5.91 Å². The van der Waals surface area contributed by atoms with E-state index >= 15 is 0 Å². The second-order valence-corrected chi connectivity index (χ2v) is 7.43. The monoisotopic (exact) mass is 354 g/mol. The van der Waals surface area contributed by atoms with Gasteiger partial charge in [0, 0.05) is 11.6 Å². The first-order chi connectivity index (χ1) is 10.6. The highest BCUT2D eigenvalue weighted by atomic mass is 35.5. The molecule has 0 radical (unpaired) electrons. The third-order valence-electron chi connectivity index (χ3n) is 3.94. The van der Waals surface area contributed by atoms with E-state index in [0.717, 1.165) is 0 Å². The van der Waals surface area contributed by atoms with Crippen molar-refractivity contribution in [1.82, 2.24) is 10.5 Å². The van der Waals surface area contributed by atoms with Crippen LogP contribution in [-0.2, 0) is 0 Å². The van der Waals surface area contributed by atoms with E-state index in [1.54, 1.807) is 25.1 Å². The van der Waals surface area contributed by atoms with Crippen molar-refractivity contribution in [2.45, 2.75) is 40.7 Å². The van der Waals surface area contributed by atoms with Gasteiger partial charge in [-0.1, -0.05) is 55.2 Å². The lowest BCUT2D eigenvalue weighted by molar-refractivity contribution is 0.0909. The second-order valence-electron chi connectivity index (χ2n) is 6.62. The van der Waals surface area contributed by atoms with Crippen LogP contribution in [0.2, 0.25) is 10.0 Å².